The van der Waals surface area contributed by atoms with Crippen LogP contribution in [-0.2, 0) is 10.0 Å². The average molecular weight is 350 g/mol. The molecule has 0 atom stereocenters. The molecular formula is C16H18N2O5S. The van der Waals surface area contributed by atoms with E-state index in [1.165, 1.54) is 31.2 Å². The highest BCUT2D eigenvalue weighted by Gasteiger charge is 2.16. The van der Waals surface area contributed by atoms with Crippen LogP contribution < -0.4 is 4.72 Å². The second kappa shape index (κ2) is 8.21. The Labute approximate surface area is 140 Å². The first-order valence-electron chi connectivity index (χ1n) is 7.18. The van der Waals surface area contributed by atoms with E-state index in [-0.39, 0.29) is 16.4 Å². The number of ketones is 1. The molecule has 24 heavy (non-hydrogen) atoms. The highest BCUT2D eigenvalue weighted by molar-refractivity contribution is 7.92. The number of nitrogens with zero attached hydrogens (tertiary/aromatic N) is 1. The molecule has 0 heterocycles. The number of sulfonamides is 1. The number of hydrogen-bond acceptors (Lipinski definition) is 5. The van der Waals surface area contributed by atoms with Gasteiger partial charge in [0.25, 0.3) is 15.7 Å². The van der Waals surface area contributed by atoms with E-state index in [0.29, 0.717) is 11.3 Å². The summed E-state index contributed by atoms with van der Waals surface area (Å²) in [6.45, 7) is 5.41. The minimum Gasteiger partial charge on any atom is -0.295 e. The number of nitrogens with one attached hydrogen (secondary N) is 1. The third-order valence-electron chi connectivity index (χ3n) is 2.90. The number of carbonyl (C=O) groups excluding carboxylic acids is 1. The van der Waals surface area contributed by atoms with E-state index < -0.39 is 14.9 Å². The molecule has 0 aliphatic rings. The maximum absolute atomic E-state index is 12.2. The molecule has 0 aromatic heterocycles. The molecule has 7 nitrogen and oxygen atoms in total. The van der Waals surface area contributed by atoms with Gasteiger partial charge in [-0.05, 0) is 43.3 Å². The Morgan fingerprint density at radius 3 is 1.92 bits per heavy atom. The van der Waals surface area contributed by atoms with E-state index in [1.807, 2.05) is 13.8 Å². The van der Waals surface area contributed by atoms with Crippen LogP contribution in [0.25, 0.3) is 0 Å². The molecule has 2 aromatic carbocycles. The first kappa shape index (κ1) is 19.3. The summed E-state index contributed by atoms with van der Waals surface area (Å²) in [6, 6.07) is 10.5. The van der Waals surface area contributed by atoms with Crippen molar-refractivity contribution in [2.75, 3.05) is 4.72 Å². The zero-order valence-electron chi connectivity index (χ0n) is 13.5. The monoisotopic (exact) mass is 350 g/mol. The molecule has 0 aliphatic heterocycles. The van der Waals surface area contributed by atoms with Gasteiger partial charge in [-0.2, -0.15) is 0 Å². The number of nitro groups is 1. The molecule has 128 valence electrons. The standard InChI is InChI=1S/C14H12N2O5S.C2H6/c1-10(17)11-2-4-12(5-3-11)15-22(20,21)14-8-6-13(7-9-14)16(18)19;1-2/h2-9,15H,1H3;1-2H3. The molecule has 0 saturated carbocycles. The molecule has 0 amide bonds. The van der Waals surface area contributed by atoms with Crippen molar-refractivity contribution >= 4 is 27.2 Å². The fraction of sp³-hybridized carbons (Fsp3) is 0.188. The highest BCUT2D eigenvalue weighted by Crippen LogP contribution is 2.19. The van der Waals surface area contributed by atoms with Gasteiger partial charge in [0.15, 0.2) is 5.78 Å². The summed E-state index contributed by atoms with van der Waals surface area (Å²) in [4.78, 5) is 21.0. The van der Waals surface area contributed by atoms with E-state index >= 15 is 0 Å². The van der Waals surface area contributed by atoms with Crippen LogP contribution in [0, 0.1) is 10.1 Å². The molecule has 8 heteroatoms. The van der Waals surface area contributed by atoms with Gasteiger partial charge in [0, 0.05) is 23.4 Å². The van der Waals surface area contributed by atoms with Crippen molar-refractivity contribution in [1.29, 1.82) is 0 Å². The Balaban J connectivity index is 0.00000139. The lowest BCUT2D eigenvalue weighted by atomic mass is 10.1. The Morgan fingerprint density at radius 1 is 1.00 bits per heavy atom. The topological polar surface area (TPSA) is 106 Å². The van der Waals surface area contributed by atoms with Gasteiger partial charge in [0.2, 0.25) is 0 Å². The normalized spacial score (nSPS) is 10.3. The molecule has 2 aromatic rings. The lowest BCUT2D eigenvalue weighted by Crippen LogP contribution is -2.13. The highest BCUT2D eigenvalue weighted by atomic mass is 32.2. The summed E-state index contributed by atoms with van der Waals surface area (Å²) in [5, 5.41) is 10.6. The van der Waals surface area contributed by atoms with E-state index in [9.17, 15) is 23.3 Å². The fourth-order valence-electron chi connectivity index (χ4n) is 1.73. The molecule has 0 unspecified atom stereocenters. The van der Waals surface area contributed by atoms with Gasteiger partial charge in [-0.25, -0.2) is 8.42 Å². The summed E-state index contributed by atoms with van der Waals surface area (Å²) in [6.07, 6.45) is 0. The number of non-ortho nitro benzene ring substituents is 1. The number of hydrogen-bond donors (Lipinski definition) is 1. The number of rotatable bonds is 5. The lowest BCUT2D eigenvalue weighted by molar-refractivity contribution is -0.384. The molecule has 0 radical (unpaired) electrons. The minimum absolute atomic E-state index is 0.0891. The van der Waals surface area contributed by atoms with Crippen LogP contribution in [0.5, 0.6) is 0 Å². The van der Waals surface area contributed by atoms with Crippen LogP contribution in [0.1, 0.15) is 31.1 Å². The fourth-order valence-corrected chi connectivity index (χ4v) is 2.79. The maximum atomic E-state index is 12.2. The molecular weight excluding hydrogens is 332 g/mol. The van der Waals surface area contributed by atoms with Crippen molar-refractivity contribution in [3.8, 4) is 0 Å². The summed E-state index contributed by atoms with van der Waals surface area (Å²) in [5.74, 6) is -0.121. The van der Waals surface area contributed by atoms with Crippen LogP contribution in [0.4, 0.5) is 11.4 Å². The number of anilines is 1. The summed E-state index contributed by atoms with van der Waals surface area (Å²) < 4.78 is 26.6. The third kappa shape index (κ3) is 4.88. The van der Waals surface area contributed by atoms with E-state index in [0.717, 1.165) is 24.3 Å². The Kier molecular flexibility index (Phi) is 6.60. The van der Waals surface area contributed by atoms with Gasteiger partial charge >= 0.3 is 0 Å². The maximum Gasteiger partial charge on any atom is 0.269 e. The smallest absolute Gasteiger partial charge is 0.269 e. The summed E-state index contributed by atoms with van der Waals surface area (Å²) >= 11 is 0. The van der Waals surface area contributed by atoms with Gasteiger partial charge in [0.1, 0.15) is 0 Å². The van der Waals surface area contributed by atoms with Crippen LogP contribution in [-0.4, -0.2) is 19.1 Å². The van der Waals surface area contributed by atoms with Gasteiger partial charge in [-0.3, -0.25) is 19.6 Å². The van der Waals surface area contributed by atoms with Crippen LogP contribution >= 0.6 is 0 Å². The van der Waals surface area contributed by atoms with Gasteiger partial charge < -0.3 is 0 Å². The SMILES string of the molecule is CC.CC(=O)c1ccc(NS(=O)(=O)c2ccc([N+](=O)[O-])cc2)cc1. The molecule has 0 fully saturated rings. The van der Waals surface area contributed by atoms with Crippen molar-refractivity contribution in [2.45, 2.75) is 25.7 Å². The number of nitro benzene ring substituents is 1. The molecule has 0 saturated heterocycles. The van der Waals surface area contributed by atoms with Crippen molar-refractivity contribution in [1.82, 2.24) is 0 Å². The zero-order valence-corrected chi connectivity index (χ0v) is 14.3. The predicted octanol–water partition coefficient (Wildman–Crippen LogP) is 3.62. The second-order valence-corrected chi connectivity index (χ2v) is 6.17. The third-order valence-corrected chi connectivity index (χ3v) is 4.30. The van der Waals surface area contributed by atoms with Crippen LogP contribution in [0.2, 0.25) is 0 Å². The Hall–Kier alpha value is -2.74. The summed E-state index contributed by atoms with van der Waals surface area (Å²) in [5.41, 5.74) is 0.575. The predicted molar refractivity (Wildman–Crippen MR) is 91.7 cm³/mol. The lowest BCUT2D eigenvalue weighted by Gasteiger charge is -2.08. The molecule has 0 aliphatic carbocycles. The number of carbonyl (C=O) groups is 1. The van der Waals surface area contributed by atoms with E-state index in [1.54, 1.807) is 0 Å². The zero-order chi connectivity index (χ0) is 18.3. The van der Waals surface area contributed by atoms with Crippen molar-refractivity contribution < 1.29 is 18.1 Å². The molecule has 0 spiro atoms. The Bertz CT molecular complexity index is 813. The van der Waals surface area contributed by atoms with Crippen LogP contribution in [0.15, 0.2) is 53.4 Å². The molecule has 2 rings (SSSR count). The second-order valence-electron chi connectivity index (χ2n) is 4.49. The minimum atomic E-state index is -3.85. The quantitative estimate of drug-likeness (QED) is 0.503. The van der Waals surface area contributed by atoms with Crippen molar-refractivity contribution in [3.63, 3.8) is 0 Å². The van der Waals surface area contributed by atoms with Gasteiger partial charge in [0.05, 0.1) is 9.82 Å². The number of benzene rings is 2. The van der Waals surface area contributed by atoms with Gasteiger partial charge in [-0.1, -0.05) is 13.8 Å². The first-order chi connectivity index (χ1) is 11.3. The Morgan fingerprint density at radius 2 is 1.50 bits per heavy atom. The molecule has 0 bridgehead atoms. The van der Waals surface area contributed by atoms with E-state index in [2.05, 4.69) is 4.72 Å². The average Bonchev–Trinajstić information content (AvgIpc) is 2.57. The van der Waals surface area contributed by atoms with Crippen molar-refractivity contribution in [2.24, 2.45) is 0 Å². The first-order valence-corrected chi connectivity index (χ1v) is 8.66. The van der Waals surface area contributed by atoms with E-state index in [4.69, 9.17) is 0 Å². The largest absolute Gasteiger partial charge is 0.295 e. The number of Topliss-reactive ketones (excluding diaryl/α,β-unsaturated/α-hetero) is 1. The van der Waals surface area contributed by atoms with Crippen LogP contribution in [0.3, 0.4) is 0 Å². The summed E-state index contributed by atoms with van der Waals surface area (Å²) in [7, 11) is -3.85. The van der Waals surface area contributed by atoms with Gasteiger partial charge in [-0.15, -0.1) is 0 Å². The molecule has 1 N–H and O–H groups in total. The van der Waals surface area contributed by atoms with Crippen molar-refractivity contribution in [3.05, 3.63) is 64.2 Å².